The van der Waals surface area contributed by atoms with E-state index in [-0.39, 0.29) is 0 Å². The number of rotatable bonds is 3. The van der Waals surface area contributed by atoms with Crippen LogP contribution in [-0.2, 0) is 0 Å². The van der Waals surface area contributed by atoms with Crippen molar-refractivity contribution in [3.63, 3.8) is 0 Å². The molecule has 0 bridgehead atoms. The minimum absolute atomic E-state index is 0.624. The predicted octanol–water partition coefficient (Wildman–Crippen LogP) is 5.59. The first kappa shape index (κ1) is 14.7. The van der Waals surface area contributed by atoms with Crippen LogP contribution in [0.5, 0.6) is 0 Å². The smallest absolute Gasteiger partial charge is 0.105 e. The van der Waals surface area contributed by atoms with Crippen LogP contribution in [0.15, 0.2) is 97.1 Å². The molecule has 0 saturated heterocycles. The van der Waals surface area contributed by atoms with E-state index in [1.807, 2.05) is 54.6 Å². The van der Waals surface area contributed by atoms with Crippen molar-refractivity contribution >= 4 is 10.8 Å². The van der Waals surface area contributed by atoms with E-state index in [2.05, 4.69) is 42.5 Å². The van der Waals surface area contributed by atoms with Gasteiger partial charge in [0, 0.05) is 0 Å². The highest BCUT2D eigenvalue weighted by atomic mass is 16.3. The summed E-state index contributed by atoms with van der Waals surface area (Å²) in [6, 6.07) is 32.7. The van der Waals surface area contributed by atoms with E-state index in [0.717, 1.165) is 27.5 Å². The van der Waals surface area contributed by atoms with Gasteiger partial charge in [0.05, 0.1) is 0 Å². The van der Waals surface area contributed by atoms with E-state index in [1.54, 1.807) is 0 Å². The summed E-state index contributed by atoms with van der Waals surface area (Å²) < 4.78 is 0. The molecule has 0 fully saturated rings. The Morgan fingerprint density at radius 2 is 1.17 bits per heavy atom. The average molecular weight is 310 g/mol. The van der Waals surface area contributed by atoms with Gasteiger partial charge in [-0.05, 0) is 33.0 Å². The fraction of sp³-hybridized carbons (Fsp3) is 0.0435. The maximum absolute atomic E-state index is 10.9. The summed E-state index contributed by atoms with van der Waals surface area (Å²) >= 11 is 0. The Morgan fingerprint density at radius 1 is 0.542 bits per heavy atom. The highest BCUT2D eigenvalue weighted by molar-refractivity contribution is 5.86. The summed E-state index contributed by atoms with van der Waals surface area (Å²) in [6.07, 6.45) is -0.624. The predicted molar refractivity (Wildman–Crippen MR) is 99.9 cm³/mol. The van der Waals surface area contributed by atoms with Gasteiger partial charge in [-0.3, -0.25) is 0 Å². The van der Waals surface area contributed by atoms with Crippen LogP contribution in [0.1, 0.15) is 17.2 Å². The number of aliphatic hydroxyl groups is 1. The molecular weight excluding hydrogens is 292 g/mol. The molecule has 4 aromatic rings. The fourth-order valence-corrected chi connectivity index (χ4v) is 3.16. The SMILES string of the molecule is OC(c1ccc(-c2ccccc2)cc1)c1cccc2ccccc12. The molecule has 0 aromatic heterocycles. The van der Waals surface area contributed by atoms with Crippen molar-refractivity contribution < 1.29 is 5.11 Å². The number of fused-ring (bicyclic) bond motifs is 1. The molecular formula is C23H18O. The summed E-state index contributed by atoms with van der Waals surface area (Å²) in [5, 5.41) is 13.1. The van der Waals surface area contributed by atoms with Crippen LogP contribution in [0.2, 0.25) is 0 Å². The van der Waals surface area contributed by atoms with Crippen LogP contribution in [0, 0.1) is 0 Å². The lowest BCUT2D eigenvalue weighted by molar-refractivity contribution is 0.222. The second-order valence-corrected chi connectivity index (χ2v) is 5.96. The van der Waals surface area contributed by atoms with Crippen LogP contribution in [0.25, 0.3) is 21.9 Å². The molecule has 1 unspecified atom stereocenters. The van der Waals surface area contributed by atoms with E-state index in [9.17, 15) is 5.11 Å². The molecule has 1 heteroatoms. The third-order valence-electron chi connectivity index (χ3n) is 4.45. The molecule has 0 radical (unpaired) electrons. The molecule has 24 heavy (non-hydrogen) atoms. The van der Waals surface area contributed by atoms with Crippen LogP contribution >= 0.6 is 0 Å². The lowest BCUT2D eigenvalue weighted by Crippen LogP contribution is -2.00. The molecule has 116 valence electrons. The van der Waals surface area contributed by atoms with E-state index in [4.69, 9.17) is 0 Å². The Hall–Kier alpha value is -2.90. The topological polar surface area (TPSA) is 20.2 Å². The first-order valence-electron chi connectivity index (χ1n) is 8.14. The van der Waals surface area contributed by atoms with Gasteiger partial charge >= 0.3 is 0 Å². The summed E-state index contributed by atoms with van der Waals surface area (Å²) in [4.78, 5) is 0. The standard InChI is InChI=1S/C23H18O/c24-23(22-12-6-10-19-9-4-5-11-21(19)22)20-15-13-18(14-16-20)17-7-2-1-3-8-17/h1-16,23-24H. The van der Waals surface area contributed by atoms with Crippen LogP contribution in [-0.4, -0.2) is 5.11 Å². The highest BCUT2D eigenvalue weighted by Gasteiger charge is 2.13. The molecule has 0 heterocycles. The molecule has 4 aromatic carbocycles. The van der Waals surface area contributed by atoms with Gasteiger partial charge in [0.25, 0.3) is 0 Å². The highest BCUT2D eigenvalue weighted by Crippen LogP contribution is 2.30. The first-order chi connectivity index (χ1) is 11.8. The molecule has 0 spiro atoms. The number of aliphatic hydroxyl groups excluding tert-OH is 1. The van der Waals surface area contributed by atoms with Gasteiger partial charge < -0.3 is 5.11 Å². The van der Waals surface area contributed by atoms with E-state index < -0.39 is 6.10 Å². The molecule has 0 aliphatic heterocycles. The van der Waals surface area contributed by atoms with Crippen LogP contribution in [0.4, 0.5) is 0 Å². The summed E-state index contributed by atoms with van der Waals surface area (Å²) in [6.45, 7) is 0. The Morgan fingerprint density at radius 3 is 1.96 bits per heavy atom. The van der Waals surface area contributed by atoms with Crippen molar-refractivity contribution in [3.8, 4) is 11.1 Å². The van der Waals surface area contributed by atoms with Gasteiger partial charge in [0.15, 0.2) is 0 Å². The molecule has 4 rings (SSSR count). The van der Waals surface area contributed by atoms with Gasteiger partial charge in [-0.25, -0.2) is 0 Å². The molecule has 0 aliphatic carbocycles. The molecule has 0 saturated carbocycles. The normalized spacial score (nSPS) is 12.2. The van der Waals surface area contributed by atoms with Crippen LogP contribution in [0.3, 0.4) is 0 Å². The van der Waals surface area contributed by atoms with Crippen molar-refractivity contribution in [2.45, 2.75) is 6.10 Å². The summed E-state index contributed by atoms with van der Waals surface area (Å²) in [7, 11) is 0. The minimum Gasteiger partial charge on any atom is -0.384 e. The maximum atomic E-state index is 10.9. The Bertz CT molecular complexity index is 951. The number of benzene rings is 4. The Kier molecular flexibility index (Phi) is 3.86. The van der Waals surface area contributed by atoms with Crippen molar-refractivity contribution in [3.05, 3.63) is 108 Å². The Balaban J connectivity index is 1.70. The van der Waals surface area contributed by atoms with E-state index in [1.165, 1.54) is 5.56 Å². The van der Waals surface area contributed by atoms with Crippen LogP contribution < -0.4 is 0 Å². The number of hydrogen-bond acceptors (Lipinski definition) is 1. The van der Waals surface area contributed by atoms with Crippen molar-refractivity contribution in [2.24, 2.45) is 0 Å². The number of hydrogen-bond donors (Lipinski definition) is 1. The molecule has 0 aliphatic rings. The first-order valence-corrected chi connectivity index (χ1v) is 8.14. The summed E-state index contributed by atoms with van der Waals surface area (Å²) in [5.74, 6) is 0. The third kappa shape index (κ3) is 2.70. The minimum atomic E-state index is -0.624. The second-order valence-electron chi connectivity index (χ2n) is 5.96. The Labute approximate surface area is 141 Å². The monoisotopic (exact) mass is 310 g/mol. The zero-order valence-corrected chi connectivity index (χ0v) is 13.3. The molecule has 1 atom stereocenters. The lowest BCUT2D eigenvalue weighted by atomic mass is 9.94. The van der Waals surface area contributed by atoms with Gasteiger partial charge in [-0.1, -0.05) is 97.1 Å². The third-order valence-corrected chi connectivity index (χ3v) is 4.45. The molecule has 0 amide bonds. The largest absolute Gasteiger partial charge is 0.384 e. The van der Waals surface area contributed by atoms with Gasteiger partial charge in [0.2, 0.25) is 0 Å². The van der Waals surface area contributed by atoms with E-state index >= 15 is 0 Å². The fourth-order valence-electron chi connectivity index (χ4n) is 3.16. The maximum Gasteiger partial charge on any atom is 0.105 e. The average Bonchev–Trinajstić information content (AvgIpc) is 2.68. The zero-order chi connectivity index (χ0) is 16.4. The van der Waals surface area contributed by atoms with Crippen molar-refractivity contribution in [1.29, 1.82) is 0 Å². The van der Waals surface area contributed by atoms with Gasteiger partial charge in [0.1, 0.15) is 6.10 Å². The molecule has 1 N–H and O–H groups in total. The summed E-state index contributed by atoms with van der Waals surface area (Å²) in [5.41, 5.74) is 4.19. The second kappa shape index (κ2) is 6.31. The van der Waals surface area contributed by atoms with Crippen molar-refractivity contribution in [1.82, 2.24) is 0 Å². The van der Waals surface area contributed by atoms with Crippen molar-refractivity contribution in [2.75, 3.05) is 0 Å². The zero-order valence-electron chi connectivity index (χ0n) is 13.3. The van der Waals surface area contributed by atoms with E-state index in [0.29, 0.717) is 0 Å². The van der Waals surface area contributed by atoms with Gasteiger partial charge in [-0.15, -0.1) is 0 Å². The van der Waals surface area contributed by atoms with Gasteiger partial charge in [-0.2, -0.15) is 0 Å². The lowest BCUT2D eigenvalue weighted by Gasteiger charge is -2.15. The molecule has 1 nitrogen and oxygen atoms in total. The quantitative estimate of drug-likeness (QED) is 0.523.